The Morgan fingerprint density at radius 1 is 1.48 bits per heavy atom. The number of nitrogens with one attached hydrogen (secondary N) is 1. The fourth-order valence-electron chi connectivity index (χ4n) is 2.11. The van der Waals surface area contributed by atoms with Crippen LogP contribution in [0.5, 0.6) is 5.75 Å². The van der Waals surface area contributed by atoms with Crippen LogP contribution in [-0.4, -0.2) is 33.8 Å². The van der Waals surface area contributed by atoms with Gasteiger partial charge >= 0.3 is 6.61 Å². The van der Waals surface area contributed by atoms with E-state index in [0.717, 1.165) is 12.4 Å². The minimum atomic E-state index is -2.93. The SMILES string of the molecule is CCn1cnnc1CCNC(=O)/C=C/c1cc(Br)ccc1OC(F)F. The molecule has 0 saturated heterocycles. The zero-order valence-corrected chi connectivity index (χ0v) is 15.0. The molecule has 1 amide bonds. The summed E-state index contributed by atoms with van der Waals surface area (Å²) in [6.07, 6.45) is 4.87. The Labute approximate surface area is 152 Å². The lowest BCUT2D eigenvalue weighted by Crippen LogP contribution is -2.24. The molecule has 1 heterocycles. The van der Waals surface area contributed by atoms with Crippen molar-refractivity contribution in [2.24, 2.45) is 0 Å². The molecular weight excluding hydrogens is 398 g/mol. The van der Waals surface area contributed by atoms with Crippen LogP contribution in [0.15, 0.2) is 35.1 Å². The van der Waals surface area contributed by atoms with E-state index in [-0.39, 0.29) is 11.7 Å². The highest BCUT2D eigenvalue weighted by atomic mass is 79.9. The van der Waals surface area contributed by atoms with Gasteiger partial charge in [-0.3, -0.25) is 4.79 Å². The number of alkyl halides is 2. The van der Waals surface area contributed by atoms with Gasteiger partial charge in [0.15, 0.2) is 0 Å². The van der Waals surface area contributed by atoms with Gasteiger partial charge in [-0.1, -0.05) is 15.9 Å². The number of aromatic nitrogens is 3. The van der Waals surface area contributed by atoms with Crippen LogP contribution in [0.25, 0.3) is 6.08 Å². The van der Waals surface area contributed by atoms with Gasteiger partial charge in [0, 0.05) is 35.6 Å². The maximum Gasteiger partial charge on any atom is 0.387 e. The van der Waals surface area contributed by atoms with Crippen molar-refractivity contribution in [3.05, 3.63) is 46.5 Å². The number of rotatable bonds is 8. The molecule has 134 valence electrons. The molecule has 0 aliphatic carbocycles. The summed E-state index contributed by atoms with van der Waals surface area (Å²) >= 11 is 3.25. The van der Waals surface area contributed by atoms with E-state index in [0.29, 0.717) is 23.0 Å². The Balaban J connectivity index is 1.92. The molecule has 0 atom stereocenters. The Morgan fingerprint density at radius 2 is 2.28 bits per heavy atom. The van der Waals surface area contributed by atoms with Crippen LogP contribution in [-0.2, 0) is 17.8 Å². The molecule has 25 heavy (non-hydrogen) atoms. The van der Waals surface area contributed by atoms with Crippen LogP contribution in [0.1, 0.15) is 18.3 Å². The summed E-state index contributed by atoms with van der Waals surface area (Å²) in [6.45, 7) is 0.191. The van der Waals surface area contributed by atoms with Crippen molar-refractivity contribution in [1.82, 2.24) is 20.1 Å². The van der Waals surface area contributed by atoms with Crippen molar-refractivity contribution >= 4 is 27.9 Å². The summed E-state index contributed by atoms with van der Waals surface area (Å²) in [5.74, 6) is 0.440. The summed E-state index contributed by atoms with van der Waals surface area (Å²) in [5, 5.41) is 10.5. The molecule has 9 heteroatoms. The molecule has 0 spiro atoms. The number of halogens is 3. The third kappa shape index (κ3) is 5.93. The molecule has 1 aromatic carbocycles. The van der Waals surface area contributed by atoms with Crippen LogP contribution in [0.3, 0.4) is 0 Å². The Bertz CT molecular complexity index is 749. The molecule has 2 rings (SSSR count). The quantitative estimate of drug-likeness (QED) is 0.674. The minimum Gasteiger partial charge on any atom is -0.434 e. The van der Waals surface area contributed by atoms with Crippen molar-refractivity contribution in [3.8, 4) is 5.75 Å². The number of aryl methyl sites for hydroxylation is 1. The largest absolute Gasteiger partial charge is 0.434 e. The summed E-state index contributed by atoms with van der Waals surface area (Å²) in [7, 11) is 0. The third-order valence-electron chi connectivity index (χ3n) is 3.29. The lowest BCUT2D eigenvalue weighted by atomic mass is 10.2. The second-order valence-electron chi connectivity index (χ2n) is 4.97. The Morgan fingerprint density at radius 3 is 3.00 bits per heavy atom. The maximum atomic E-state index is 12.4. The number of carbonyl (C=O) groups excluding carboxylic acids is 1. The van der Waals surface area contributed by atoms with Crippen LogP contribution in [0.4, 0.5) is 8.78 Å². The summed E-state index contributed by atoms with van der Waals surface area (Å²) in [5.41, 5.74) is 0.371. The fourth-order valence-corrected chi connectivity index (χ4v) is 2.49. The van der Waals surface area contributed by atoms with Gasteiger partial charge in [0.1, 0.15) is 17.9 Å². The first-order valence-electron chi connectivity index (χ1n) is 7.56. The molecule has 1 N–H and O–H groups in total. The first kappa shape index (κ1) is 19.0. The molecule has 0 bridgehead atoms. The lowest BCUT2D eigenvalue weighted by Gasteiger charge is -2.08. The van der Waals surface area contributed by atoms with E-state index in [2.05, 4.69) is 36.2 Å². The smallest absolute Gasteiger partial charge is 0.387 e. The van der Waals surface area contributed by atoms with E-state index in [1.807, 2.05) is 11.5 Å². The number of ether oxygens (including phenoxy) is 1. The van der Waals surface area contributed by atoms with Gasteiger partial charge in [0.2, 0.25) is 5.91 Å². The lowest BCUT2D eigenvalue weighted by molar-refractivity contribution is -0.116. The highest BCUT2D eigenvalue weighted by Crippen LogP contribution is 2.25. The van der Waals surface area contributed by atoms with E-state index >= 15 is 0 Å². The molecule has 0 fully saturated rings. The topological polar surface area (TPSA) is 69.0 Å². The van der Waals surface area contributed by atoms with E-state index in [1.54, 1.807) is 18.5 Å². The van der Waals surface area contributed by atoms with E-state index < -0.39 is 6.61 Å². The van der Waals surface area contributed by atoms with Gasteiger partial charge < -0.3 is 14.6 Å². The van der Waals surface area contributed by atoms with Gasteiger partial charge in [0.25, 0.3) is 0 Å². The molecule has 6 nitrogen and oxygen atoms in total. The van der Waals surface area contributed by atoms with Crippen molar-refractivity contribution in [3.63, 3.8) is 0 Å². The predicted molar refractivity (Wildman–Crippen MR) is 92.2 cm³/mol. The Hall–Kier alpha value is -2.29. The summed E-state index contributed by atoms with van der Waals surface area (Å²) < 4.78 is 31.8. The number of carbonyl (C=O) groups is 1. The first-order chi connectivity index (χ1) is 12.0. The van der Waals surface area contributed by atoms with E-state index in [1.165, 1.54) is 18.2 Å². The van der Waals surface area contributed by atoms with Crippen molar-refractivity contribution in [1.29, 1.82) is 0 Å². The van der Waals surface area contributed by atoms with E-state index in [4.69, 9.17) is 0 Å². The molecule has 1 aromatic heterocycles. The second kappa shape index (κ2) is 9.26. The Kier molecular flexibility index (Phi) is 7.05. The van der Waals surface area contributed by atoms with Crippen LogP contribution in [0, 0.1) is 0 Å². The van der Waals surface area contributed by atoms with Crippen LogP contribution >= 0.6 is 15.9 Å². The zero-order chi connectivity index (χ0) is 18.2. The van der Waals surface area contributed by atoms with Crippen LogP contribution < -0.4 is 10.1 Å². The molecule has 0 unspecified atom stereocenters. The highest BCUT2D eigenvalue weighted by molar-refractivity contribution is 9.10. The number of hydrogen-bond donors (Lipinski definition) is 1. The number of hydrogen-bond acceptors (Lipinski definition) is 4. The highest BCUT2D eigenvalue weighted by Gasteiger charge is 2.09. The molecule has 0 radical (unpaired) electrons. The third-order valence-corrected chi connectivity index (χ3v) is 3.78. The van der Waals surface area contributed by atoms with Gasteiger partial charge in [-0.05, 0) is 31.2 Å². The average Bonchev–Trinajstić information content (AvgIpc) is 3.02. The number of amides is 1. The number of nitrogens with zero attached hydrogens (tertiary/aromatic N) is 3. The van der Waals surface area contributed by atoms with Gasteiger partial charge in [-0.15, -0.1) is 10.2 Å². The van der Waals surface area contributed by atoms with Crippen LogP contribution in [0.2, 0.25) is 0 Å². The van der Waals surface area contributed by atoms with Gasteiger partial charge in [-0.25, -0.2) is 0 Å². The van der Waals surface area contributed by atoms with Gasteiger partial charge in [-0.2, -0.15) is 8.78 Å². The predicted octanol–water partition coefficient (Wildman–Crippen LogP) is 3.03. The molecule has 2 aromatic rings. The molecule has 0 saturated carbocycles. The van der Waals surface area contributed by atoms with E-state index in [9.17, 15) is 13.6 Å². The molecule has 0 aliphatic rings. The first-order valence-corrected chi connectivity index (χ1v) is 8.36. The minimum absolute atomic E-state index is 0.00158. The van der Waals surface area contributed by atoms with Gasteiger partial charge in [0.05, 0.1) is 0 Å². The molecular formula is C16H17BrF2N4O2. The summed E-state index contributed by atoms with van der Waals surface area (Å²) in [6, 6.07) is 4.58. The zero-order valence-electron chi connectivity index (χ0n) is 13.5. The average molecular weight is 415 g/mol. The molecule has 0 aliphatic heterocycles. The van der Waals surface area contributed by atoms with Crippen molar-refractivity contribution in [2.45, 2.75) is 26.5 Å². The monoisotopic (exact) mass is 414 g/mol. The second-order valence-corrected chi connectivity index (χ2v) is 5.88. The van der Waals surface area contributed by atoms with Crippen molar-refractivity contribution in [2.75, 3.05) is 6.54 Å². The normalized spacial score (nSPS) is 11.2. The standard InChI is InChI=1S/C16H17BrF2N4O2/c1-2-23-10-21-22-14(23)7-8-20-15(24)6-3-11-9-12(17)4-5-13(11)25-16(18)19/h3-6,9-10,16H,2,7-8H2,1H3,(H,20,24)/b6-3+. The van der Waals surface area contributed by atoms with Crippen molar-refractivity contribution < 1.29 is 18.3 Å². The number of benzene rings is 1. The maximum absolute atomic E-state index is 12.4. The fraction of sp³-hybridized carbons (Fsp3) is 0.312. The summed E-state index contributed by atoms with van der Waals surface area (Å²) in [4.78, 5) is 11.9.